The Bertz CT molecular complexity index is 484. The van der Waals surface area contributed by atoms with Gasteiger partial charge in [0.05, 0.1) is 15.6 Å². The van der Waals surface area contributed by atoms with Gasteiger partial charge in [0, 0.05) is 6.08 Å². The second-order valence-corrected chi connectivity index (χ2v) is 6.30. The lowest BCUT2D eigenvalue weighted by molar-refractivity contribution is -0.131. The van der Waals surface area contributed by atoms with E-state index in [4.69, 9.17) is 9.84 Å². The molecule has 1 aliphatic rings. The van der Waals surface area contributed by atoms with E-state index in [9.17, 15) is 4.79 Å². The van der Waals surface area contributed by atoms with Gasteiger partial charge in [-0.25, -0.2) is 4.79 Å². The lowest BCUT2D eigenvalue weighted by Crippen LogP contribution is -2.19. The largest absolute Gasteiger partial charge is 0.491 e. The first-order chi connectivity index (χ1) is 9.06. The Morgan fingerprint density at radius 1 is 1.37 bits per heavy atom. The fourth-order valence-electron chi connectivity index (χ4n) is 1.84. The number of carboxylic acids is 1. The normalized spacial score (nSPS) is 15.5. The third-order valence-corrected chi connectivity index (χ3v) is 4.31. The number of ether oxygens (including phenoxy) is 1. The van der Waals surface area contributed by atoms with Crippen LogP contribution in [-0.4, -0.2) is 17.7 Å². The first-order valence-corrected chi connectivity index (χ1v) is 7.67. The van der Waals surface area contributed by atoms with Gasteiger partial charge < -0.3 is 9.84 Å². The average Bonchev–Trinajstić information content (AvgIpc) is 2.27. The Morgan fingerprint density at radius 3 is 2.47 bits per heavy atom. The lowest BCUT2D eigenvalue weighted by atomic mass is 9.86. The fraction of sp³-hybridized carbons (Fsp3) is 0.357. The van der Waals surface area contributed by atoms with Gasteiger partial charge in [0.15, 0.2) is 0 Å². The predicted octanol–water partition coefficient (Wildman–Crippen LogP) is 4.49. The van der Waals surface area contributed by atoms with Crippen molar-refractivity contribution < 1.29 is 14.6 Å². The van der Waals surface area contributed by atoms with Crippen molar-refractivity contribution >= 4 is 43.9 Å². The van der Waals surface area contributed by atoms with Crippen LogP contribution in [0.15, 0.2) is 27.2 Å². The van der Waals surface area contributed by atoms with E-state index in [1.165, 1.54) is 19.3 Å². The molecule has 1 aromatic rings. The van der Waals surface area contributed by atoms with Gasteiger partial charge in [0.2, 0.25) is 0 Å². The highest BCUT2D eigenvalue weighted by molar-refractivity contribution is 9.11. The summed E-state index contributed by atoms with van der Waals surface area (Å²) in [5.41, 5.74) is 0.803. The summed E-state index contributed by atoms with van der Waals surface area (Å²) in [7, 11) is 0. The maximum Gasteiger partial charge on any atom is 0.328 e. The molecule has 0 atom stereocenters. The van der Waals surface area contributed by atoms with E-state index in [-0.39, 0.29) is 0 Å². The van der Waals surface area contributed by atoms with Crippen LogP contribution >= 0.6 is 31.9 Å². The standard InChI is InChI=1S/C14H14Br2O3/c15-11-6-10(4-5-13(17)18)7-12(16)14(11)19-8-9-2-1-3-9/h4-7,9H,1-3,8H2,(H,17,18)/b5-4+. The Labute approximate surface area is 128 Å². The maximum absolute atomic E-state index is 10.5. The SMILES string of the molecule is O=C(O)/C=C/c1cc(Br)c(OCC2CCC2)c(Br)c1. The highest BCUT2D eigenvalue weighted by Gasteiger charge is 2.19. The number of rotatable bonds is 5. The van der Waals surface area contributed by atoms with Crippen molar-refractivity contribution in [2.45, 2.75) is 19.3 Å². The monoisotopic (exact) mass is 388 g/mol. The minimum atomic E-state index is -0.961. The second-order valence-electron chi connectivity index (χ2n) is 4.59. The van der Waals surface area contributed by atoms with E-state index >= 15 is 0 Å². The first-order valence-electron chi connectivity index (χ1n) is 6.09. The van der Waals surface area contributed by atoms with Crippen LogP contribution in [0.1, 0.15) is 24.8 Å². The molecular weight excluding hydrogens is 376 g/mol. The van der Waals surface area contributed by atoms with Gasteiger partial charge in [0.1, 0.15) is 5.75 Å². The molecular formula is C14H14Br2O3. The summed E-state index contributed by atoms with van der Waals surface area (Å²) in [6.45, 7) is 0.738. The summed E-state index contributed by atoms with van der Waals surface area (Å²) in [5.74, 6) is 0.488. The van der Waals surface area contributed by atoms with Gasteiger partial charge in [-0.15, -0.1) is 0 Å². The Morgan fingerprint density at radius 2 is 2.00 bits per heavy atom. The predicted molar refractivity (Wildman–Crippen MR) is 81.3 cm³/mol. The molecule has 19 heavy (non-hydrogen) atoms. The molecule has 1 saturated carbocycles. The van der Waals surface area contributed by atoms with Gasteiger partial charge in [-0.2, -0.15) is 0 Å². The van der Waals surface area contributed by atoms with Crippen LogP contribution in [0.2, 0.25) is 0 Å². The molecule has 3 nitrogen and oxygen atoms in total. The summed E-state index contributed by atoms with van der Waals surface area (Å²) in [6.07, 6.45) is 6.45. The fourth-order valence-corrected chi connectivity index (χ4v) is 3.29. The van der Waals surface area contributed by atoms with Gasteiger partial charge in [-0.1, -0.05) is 6.42 Å². The maximum atomic E-state index is 10.5. The molecule has 2 rings (SSSR count). The third kappa shape index (κ3) is 4.08. The van der Waals surface area contributed by atoms with Gasteiger partial charge in [0.25, 0.3) is 0 Å². The minimum absolute atomic E-state index is 0.672. The second kappa shape index (κ2) is 6.57. The molecule has 1 aliphatic carbocycles. The Balaban J connectivity index is 2.09. The summed E-state index contributed by atoms with van der Waals surface area (Å²) in [4.78, 5) is 10.5. The van der Waals surface area contributed by atoms with E-state index in [1.807, 2.05) is 12.1 Å². The highest BCUT2D eigenvalue weighted by Crippen LogP contribution is 2.36. The molecule has 102 valence electrons. The van der Waals surface area contributed by atoms with E-state index in [1.54, 1.807) is 6.08 Å². The molecule has 0 unspecified atom stereocenters. The average molecular weight is 390 g/mol. The van der Waals surface area contributed by atoms with Gasteiger partial charge >= 0.3 is 5.97 Å². The van der Waals surface area contributed by atoms with Crippen LogP contribution in [0.5, 0.6) is 5.75 Å². The molecule has 0 spiro atoms. The van der Waals surface area contributed by atoms with Crippen LogP contribution in [0.4, 0.5) is 0 Å². The van der Waals surface area contributed by atoms with E-state index < -0.39 is 5.97 Å². The Kier molecular flexibility index (Phi) is 5.05. The number of carboxylic acid groups (broad SMARTS) is 1. The van der Waals surface area contributed by atoms with Crippen LogP contribution in [0.25, 0.3) is 6.08 Å². The molecule has 5 heteroatoms. The van der Waals surface area contributed by atoms with Crippen molar-refractivity contribution in [3.8, 4) is 5.75 Å². The molecule has 0 heterocycles. The number of hydrogen-bond donors (Lipinski definition) is 1. The zero-order valence-corrected chi connectivity index (χ0v) is 13.4. The number of carbonyl (C=O) groups is 1. The first kappa shape index (κ1) is 14.6. The van der Waals surface area contributed by atoms with E-state index in [0.717, 1.165) is 32.9 Å². The molecule has 0 radical (unpaired) electrons. The molecule has 0 aliphatic heterocycles. The molecule has 0 bridgehead atoms. The van der Waals surface area contributed by atoms with Crippen molar-refractivity contribution in [1.82, 2.24) is 0 Å². The van der Waals surface area contributed by atoms with Crippen LogP contribution in [-0.2, 0) is 4.79 Å². The highest BCUT2D eigenvalue weighted by atomic mass is 79.9. The van der Waals surface area contributed by atoms with Crippen molar-refractivity contribution in [3.05, 3.63) is 32.7 Å². The summed E-state index contributed by atoms with van der Waals surface area (Å²) in [6, 6.07) is 3.70. The number of halogens is 2. The summed E-state index contributed by atoms with van der Waals surface area (Å²) in [5, 5.41) is 8.61. The molecule has 0 amide bonds. The van der Waals surface area contributed by atoms with Crippen LogP contribution in [0.3, 0.4) is 0 Å². The number of benzene rings is 1. The van der Waals surface area contributed by atoms with Crippen molar-refractivity contribution in [1.29, 1.82) is 0 Å². The van der Waals surface area contributed by atoms with Gasteiger partial charge in [-0.05, 0) is 74.4 Å². The summed E-state index contributed by atoms with van der Waals surface area (Å²) < 4.78 is 7.47. The zero-order chi connectivity index (χ0) is 13.8. The summed E-state index contributed by atoms with van der Waals surface area (Å²) >= 11 is 6.92. The smallest absolute Gasteiger partial charge is 0.328 e. The Hall–Kier alpha value is -0.810. The van der Waals surface area contributed by atoms with E-state index in [2.05, 4.69) is 31.9 Å². The quantitative estimate of drug-likeness (QED) is 0.754. The third-order valence-electron chi connectivity index (χ3n) is 3.13. The van der Waals surface area contributed by atoms with Crippen LogP contribution in [0, 0.1) is 5.92 Å². The van der Waals surface area contributed by atoms with Crippen molar-refractivity contribution in [2.24, 2.45) is 5.92 Å². The lowest BCUT2D eigenvalue weighted by Gasteiger charge is -2.25. The molecule has 1 fully saturated rings. The van der Waals surface area contributed by atoms with Crippen molar-refractivity contribution in [3.63, 3.8) is 0 Å². The van der Waals surface area contributed by atoms with Crippen molar-refractivity contribution in [2.75, 3.05) is 6.61 Å². The molecule has 0 aromatic heterocycles. The topological polar surface area (TPSA) is 46.5 Å². The zero-order valence-electron chi connectivity index (χ0n) is 10.2. The molecule has 1 aromatic carbocycles. The minimum Gasteiger partial charge on any atom is -0.491 e. The van der Waals surface area contributed by atoms with Gasteiger partial charge in [-0.3, -0.25) is 0 Å². The molecule has 1 N–H and O–H groups in total. The number of aliphatic carboxylic acids is 1. The van der Waals surface area contributed by atoms with Crippen LogP contribution < -0.4 is 4.74 Å². The number of hydrogen-bond acceptors (Lipinski definition) is 2. The van der Waals surface area contributed by atoms with E-state index in [0.29, 0.717) is 5.92 Å². The molecule has 0 saturated heterocycles.